The van der Waals surface area contributed by atoms with Gasteiger partial charge >= 0.3 is 0 Å². The number of hydrogen-bond acceptors (Lipinski definition) is 4. The van der Waals surface area contributed by atoms with Crippen molar-refractivity contribution in [2.24, 2.45) is 0 Å². The molecule has 0 spiro atoms. The van der Waals surface area contributed by atoms with Crippen LogP contribution in [0.1, 0.15) is 10.4 Å². The molecule has 2 aromatic rings. The molecule has 0 aliphatic rings. The van der Waals surface area contributed by atoms with Crippen molar-refractivity contribution in [3.63, 3.8) is 0 Å². The van der Waals surface area contributed by atoms with Gasteiger partial charge in [-0.15, -0.1) is 0 Å². The van der Waals surface area contributed by atoms with Crippen LogP contribution in [0, 0.1) is 21.4 Å². The number of non-ortho nitro benzene ring substituents is 1. The second-order valence-corrected chi connectivity index (χ2v) is 4.19. The molecule has 0 unspecified atom stereocenters. The topological polar surface area (TPSA) is 87.2 Å². The zero-order chi connectivity index (χ0) is 15.2. The van der Waals surface area contributed by atoms with E-state index in [0.29, 0.717) is 11.3 Å². The van der Waals surface area contributed by atoms with E-state index in [1.165, 1.54) is 29.2 Å². The number of benzene rings is 2. The molecule has 0 saturated carbocycles. The monoisotopic (exact) mass is 281 g/mol. The summed E-state index contributed by atoms with van der Waals surface area (Å²) in [7, 11) is 0. The molecule has 0 aliphatic heterocycles. The van der Waals surface area contributed by atoms with Gasteiger partial charge in [-0.3, -0.25) is 19.8 Å². The van der Waals surface area contributed by atoms with Gasteiger partial charge in [-0.05, 0) is 24.3 Å². The molecule has 0 atom stereocenters. The fourth-order valence-electron chi connectivity index (χ4n) is 1.84. The minimum absolute atomic E-state index is 0.0851. The number of amides is 1. The Morgan fingerprint density at radius 1 is 1.14 bits per heavy atom. The van der Waals surface area contributed by atoms with Gasteiger partial charge in [0.25, 0.3) is 11.6 Å². The average Bonchev–Trinajstić information content (AvgIpc) is 2.53. The number of carbonyl (C=O) groups is 1. The summed E-state index contributed by atoms with van der Waals surface area (Å²) in [4.78, 5) is 23.8. The van der Waals surface area contributed by atoms with Crippen molar-refractivity contribution in [1.82, 2.24) is 0 Å². The molecule has 2 aromatic carbocycles. The standard InChI is InChI=1S/C15H11N3O3/c16-10-11-17(13-4-2-1-3-5-13)15(19)12-6-8-14(9-7-12)18(20)21/h1-9H,11H2. The molecule has 6 heteroatoms. The quantitative estimate of drug-likeness (QED) is 0.489. The predicted molar refractivity (Wildman–Crippen MR) is 76.8 cm³/mol. The normalized spacial score (nSPS) is 9.67. The Balaban J connectivity index is 2.31. The molecule has 0 fully saturated rings. The lowest BCUT2D eigenvalue weighted by Crippen LogP contribution is -2.31. The second-order valence-electron chi connectivity index (χ2n) is 4.19. The highest BCUT2D eigenvalue weighted by atomic mass is 16.6. The number of rotatable bonds is 4. The number of hydrogen-bond donors (Lipinski definition) is 0. The van der Waals surface area contributed by atoms with E-state index in [-0.39, 0.29) is 18.1 Å². The fourth-order valence-corrected chi connectivity index (χ4v) is 1.84. The lowest BCUT2D eigenvalue weighted by atomic mass is 10.1. The van der Waals surface area contributed by atoms with E-state index in [2.05, 4.69) is 0 Å². The van der Waals surface area contributed by atoms with Crippen LogP contribution in [0.2, 0.25) is 0 Å². The van der Waals surface area contributed by atoms with E-state index in [1.54, 1.807) is 24.3 Å². The summed E-state index contributed by atoms with van der Waals surface area (Å²) in [6.45, 7) is -0.0974. The van der Waals surface area contributed by atoms with Crippen molar-refractivity contribution in [1.29, 1.82) is 5.26 Å². The summed E-state index contributed by atoms with van der Waals surface area (Å²) in [5, 5.41) is 19.5. The number of nitro groups is 1. The van der Waals surface area contributed by atoms with Crippen molar-refractivity contribution in [2.75, 3.05) is 11.4 Å². The first-order valence-corrected chi connectivity index (χ1v) is 6.12. The predicted octanol–water partition coefficient (Wildman–Crippen LogP) is 2.77. The molecule has 21 heavy (non-hydrogen) atoms. The number of carbonyl (C=O) groups excluding carboxylic acids is 1. The molecule has 0 aromatic heterocycles. The van der Waals surface area contributed by atoms with Crippen LogP contribution < -0.4 is 4.90 Å². The second kappa shape index (κ2) is 6.30. The number of para-hydroxylation sites is 1. The van der Waals surface area contributed by atoms with Gasteiger partial charge in [0, 0.05) is 23.4 Å². The first-order valence-electron chi connectivity index (χ1n) is 6.12. The fraction of sp³-hybridized carbons (Fsp3) is 0.0667. The molecule has 0 bridgehead atoms. The van der Waals surface area contributed by atoms with E-state index < -0.39 is 4.92 Å². The first-order chi connectivity index (χ1) is 10.1. The molecule has 0 N–H and O–H groups in total. The Kier molecular flexibility index (Phi) is 4.26. The molecule has 1 amide bonds. The third-order valence-electron chi connectivity index (χ3n) is 2.87. The summed E-state index contributed by atoms with van der Waals surface area (Å²) >= 11 is 0. The first kappa shape index (κ1) is 14.2. The minimum atomic E-state index is -0.529. The van der Waals surface area contributed by atoms with Crippen LogP contribution in [0.25, 0.3) is 0 Å². The van der Waals surface area contributed by atoms with E-state index in [9.17, 15) is 14.9 Å². The smallest absolute Gasteiger partial charge is 0.269 e. The molecule has 0 saturated heterocycles. The zero-order valence-corrected chi connectivity index (χ0v) is 11.0. The van der Waals surface area contributed by atoms with Gasteiger partial charge in [0.1, 0.15) is 6.54 Å². The number of anilines is 1. The SMILES string of the molecule is N#CCN(C(=O)c1ccc([N+](=O)[O-])cc1)c1ccccc1. The summed E-state index contributed by atoms with van der Waals surface area (Å²) in [6.07, 6.45) is 0. The maximum atomic E-state index is 12.4. The third-order valence-corrected chi connectivity index (χ3v) is 2.87. The molecule has 6 nitrogen and oxygen atoms in total. The van der Waals surface area contributed by atoms with Crippen LogP contribution in [-0.4, -0.2) is 17.4 Å². The van der Waals surface area contributed by atoms with Gasteiger partial charge in [0.05, 0.1) is 11.0 Å². The van der Waals surface area contributed by atoms with Gasteiger partial charge in [-0.2, -0.15) is 5.26 Å². The van der Waals surface area contributed by atoms with Crippen LogP contribution in [0.3, 0.4) is 0 Å². The number of nitro benzene ring substituents is 1. The van der Waals surface area contributed by atoms with Crippen molar-refractivity contribution in [2.45, 2.75) is 0 Å². The molecule has 0 heterocycles. The third kappa shape index (κ3) is 3.22. The molecule has 2 rings (SSSR count). The average molecular weight is 281 g/mol. The highest BCUT2D eigenvalue weighted by Crippen LogP contribution is 2.18. The van der Waals surface area contributed by atoms with Crippen LogP contribution in [-0.2, 0) is 0 Å². The van der Waals surface area contributed by atoms with Crippen LogP contribution in [0.15, 0.2) is 54.6 Å². The van der Waals surface area contributed by atoms with E-state index in [1.807, 2.05) is 12.1 Å². The van der Waals surface area contributed by atoms with E-state index >= 15 is 0 Å². The maximum absolute atomic E-state index is 12.4. The van der Waals surface area contributed by atoms with Crippen molar-refractivity contribution in [3.05, 3.63) is 70.3 Å². The van der Waals surface area contributed by atoms with E-state index in [0.717, 1.165) is 0 Å². The van der Waals surface area contributed by atoms with Gasteiger partial charge in [-0.25, -0.2) is 0 Å². The van der Waals surface area contributed by atoms with Gasteiger partial charge in [0.15, 0.2) is 0 Å². The summed E-state index contributed by atoms with van der Waals surface area (Å²) in [5.74, 6) is -0.377. The summed E-state index contributed by atoms with van der Waals surface area (Å²) in [5.41, 5.74) is 0.806. The van der Waals surface area contributed by atoms with Crippen molar-refractivity contribution < 1.29 is 9.72 Å². The number of nitrogens with zero attached hydrogens (tertiary/aromatic N) is 3. The molecular weight excluding hydrogens is 270 g/mol. The molecule has 0 aliphatic carbocycles. The molecule has 104 valence electrons. The lowest BCUT2D eigenvalue weighted by Gasteiger charge is -2.19. The Bertz CT molecular complexity index is 690. The summed E-state index contributed by atoms with van der Waals surface area (Å²) in [6, 6.07) is 16.0. The Morgan fingerprint density at radius 2 is 1.76 bits per heavy atom. The maximum Gasteiger partial charge on any atom is 0.269 e. The number of nitriles is 1. The van der Waals surface area contributed by atoms with E-state index in [4.69, 9.17) is 5.26 Å². The lowest BCUT2D eigenvalue weighted by molar-refractivity contribution is -0.384. The van der Waals surface area contributed by atoms with Gasteiger partial charge in [-0.1, -0.05) is 18.2 Å². The Hall–Kier alpha value is -3.20. The minimum Gasteiger partial charge on any atom is -0.295 e. The highest BCUT2D eigenvalue weighted by Gasteiger charge is 2.18. The Morgan fingerprint density at radius 3 is 2.29 bits per heavy atom. The zero-order valence-electron chi connectivity index (χ0n) is 11.0. The molecular formula is C15H11N3O3. The van der Waals surface area contributed by atoms with Crippen LogP contribution in [0.5, 0.6) is 0 Å². The Labute approximate surface area is 121 Å². The van der Waals surface area contributed by atoms with Gasteiger partial charge in [0.2, 0.25) is 0 Å². The van der Waals surface area contributed by atoms with Crippen molar-refractivity contribution in [3.8, 4) is 6.07 Å². The summed E-state index contributed by atoms with van der Waals surface area (Å²) < 4.78 is 0. The highest BCUT2D eigenvalue weighted by molar-refractivity contribution is 6.06. The van der Waals surface area contributed by atoms with Crippen LogP contribution >= 0.6 is 0 Å². The molecule has 0 radical (unpaired) electrons. The van der Waals surface area contributed by atoms with Gasteiger partial charge < -0.3 is 0 Å². The van der Waals surface area contributed by atoms with Crippen molar-refractivity contribution >= 4 is 17.3 Å². The van der Waals surface area contributed by atoms with Crippen LogP contribution in [0.4, 0.5) is 11.4 Å². The largest absolute Gasteiger partial charge is 0.295 e.